The number of piperidine rings is 1. The van der Waals surface area contributed by atoms with E-state index in [0.717, 1.165) is 31.4 Å². The number of hydrogen-bond donors (Lipinski definition) is 1. The molecule has 184 valence electrons. The van der Waals surface area contributed by atoms with Crippen LogP contribution in [0.25, 0.3) is 0 Å². The Morgan fingerprint density at radius 3 is 2.11 bits per heavy atom. The van der Waals surface area contributed by atoms with Gasteiger partial charge in [0.1, 0.15) is 16.5 Å². The number of rotatable bonds is 6. The van der Waals surface area contributed by atoms with Crippen molar-refractivity contribution >= 4 is 31.6 Å². The fraction of sp³-hybridized carbons (Fsp3) is 0.208. The summed E-state index contributed by atoms with van der Waals surface area (Å²) in [7, 11) is -8.17. The van der Waals surface area contributed by atoms with Gasteiger partial charge < -0.3 is 5.32 Å². The highest BCUT2D eigenvalue weighted by Gasteiger charge is 2.26. The molecule has 7 nitrogen and oxygen atoms in total. The summed E-state index contributed by atoms with van der Waals surface area (Å²) in [5.74, 6) is -2.28. The van der Waals surface area contributed by atoms with E-state index in [4.69, 9.17) is 0 Å². The van der Waals surface area contributed by atoms with Crippen LogP contribution in [0.1, 0.15) is 24.8 Å². The zero-order valence-corrected chi connectivity index (χ0v) is 20.2. The Balaban J connectivity index is 1.66. The maximum Gasteiger partial charge on any atom is 0.287 e. The van der Waals surface area contributed by atoms with Crippen molar-refractivity contribution in [2.75, 3.05) is 18.4 Å². The van der Waals surface area contributed by atoms with Crippen LogP contribution < -0.4 is 5.32 Å². The van der Waals surface area contributed by atoms with Gasteiger partial charge in [0, 0.05) is 30.4 Å². The summed E-state index contributed by atoms with van der Waals surface area (Å²) in [5.41, 5.74) is 0.767. The minimum atomic E-state index is -4.54. The molecule has 1 N–H and O–H groups in total. The zero-order chi connectivity index (χ0) is 25.1. The molecular formula is C24H23F2N3O4S2. The van der Waals surface area contributed by atoms with E-state index in [9.17, 15) is 25.6 Å². The molecule has 0 aromatic heterocycles. The van der Waals surface area contributed by atoms with E-state index in [1.165, 1.54) is 28.6 Å². The van der Waals surface area contributed by atoms with Crippen LogP contribution in [0.3, 0.4) is 0 Å². The smallest absolute Gasteiger partial charge is 0.287 e. The molecule has 0 saturated carbocycles. The number of hydrogen-bond acceptors (Lipinski definition) is 4. The fourth-order valence-electron chi connectivity index (χ4n) is 3.70. The number of anilines is 1. The van der Waals surface area contributed by atoms with E-state index in [2.05, 4.69) is 9.71 Å². The Morgan fingerprint density at radius 2 is 1.49 bits per heavy atom. The first kappa shape index (κ1) is 25.0. The molecule has 35 heavy (non-hydrogen) atoms. The van der Waals surface area contributed by atoms with Crippen LogP contribution in [-0.4, -0.2) is 40.1 Å². The maximum absolute atomic E-state index is 14.2. The van der Waals surface area contributed by atoms with Gasteiger partial charge in [-0.1, -0.05) is 36.8 Å². The normalized spacial score (nSPS) is 15.7. The molecule has 4 rings (SSSR count). The summed E-state index contributed by atoms with van der Waals surface area (Å²) in [6.45, 7) is 0.954. The third kappa shape index (κ3) is 5.75. The highest BCUT2D eigenvalue weighted by Crippen LogP contribution is 2.23. The third-order valence-electron chi connectivity index (χ3n) is 5.50. The van der Waals surface area contributed by atoms with Crippen LogP contribution in [-0.2, 0) is 20.0 Å². The standard InChI is InChI=1S/C24H23F2N3O4S2/c25-19-9-14-23(22(26)17-19)34(30,31)28-24(18-7-3-1-4-8-18)27-20-10-12-21(13-11-20)35(32,33)29-15-5-2-6-16-29/h1,3-4,7-14,17H,2,5-6,15-16H2,(H,27,28). The molecule has 3 aromatic rings. The molecule has 1 aliphatic heterocycles. The molecule has 1 saturated heterocycles. The number of nitrogens with zero attached hydrogens (tertiary/aromatic N) is 2. The number of nitrogens with one attached hydrogen (secondary N) is 1. The molecule has 1 fully saturated rings. The summed E-state index contributed by atoms with van der Waals surface area (Å²) in [6.07, 6.45) is 2.64. The van der Waals surface area contributed by atoms with Gasteiger partial charge in [0.15, 0.2) is 5.84 Å². The topological polar surface area (TPSA) is 95.9 Å². The lowest BCUT2D eigenvalue weighted by Crippen LogP contribution is -2.35. The molecule has 0 bridgehead atoms. The van der Waals surface area contributed by atoms with E-state index < -0.39 is 36.6 Å². The van der Waals surface area contributed by atoms with Crippen molar-refractivity contribution in [1.82, 2.24) is 4.31 Å². The Kier molecular flexibility index (Phi) is 7.29. The second-order valence-corrected chi connectivity index (χ2v) is 11.5. The summed E-state index contributed by atoms with van der Waals surface area (Å²) in [6, 6.07) is 16.3. The number of amidine groups is 1. The second-order valence-electron chi connectivity index (χ2n) is 7.97. The monoisotopic (exact) mass is 519 g/mol. The molecule has 0 spiro atoms. The first-order valence-corrected chi connectivity index (χ1v) is 13.8. The molecule has 0 aliphatic carbocycles. The molecule has 0 unspecified atom stereocenters. The summed E-state index contributed by atoms with van der Waals surface area (Å²) in [4.78, 5) is -0.638. The third-order valence-corrected chi connectivity index (χ3v) is 8.72. The average Bonchev–Trinajstić information content (AvgIpc) is 2.85. The highest BCUT2D eigenvalue weighted by molar-refractivity contribution is 7.90. The van der Waals surface area contributed by atoms with Crippen molar-refractivity contribution in [2.24, 2.45) is 4.40 Å². The molecule has 11 heteroatoms. The summed E-state index contributed by atoms with van der Waals surface area (Å²) in [5, 5.41) is 2.88. The van der Waals surface area contributed by atoms with Crippen molar-refractivity contribution in [2.45, 2.75) is 29.1 Å². The first-order valence-electron chi connectivity index (χ1n) is 10.9. The first-order chi connectivity index (χ1) is 16.7. The van der Waals surface area contributed by atoms with Gasteiger partial charge in [0.05, 0.1) is 4.90 Å². The van der Waals surface area contributed by atoms with E-state index in [0.29, 0.717) is 30.4 Å². The molecular weight excluding hydrogens is 496 g/mol. The quantitative estimate of drug-likeness (QED) is 0.385. The van der Waals surface area contributed by atoms with Crippen LogP contribution in [0, 0.1) is 11.6 Å². The largest absolute Gasteiger partial charge is 0.339 e. The summed E-state index contributed by atoms with van der Waals surface area (Å²) >= 11 is 0. The van der Waals surface area contributed by atoms with Gasteiger partial charge in [-0.15, -0.1) is 4.40 Å². The van der Waals surface area contributed by atoms with Crippen LogP contribution in [0.5, 0.6) is 0 Å². The van der Waals surface area contributed by atoms with Crippen LogP contribution in [0.2, 0.25) is 0 Å². The molecule has 1 aliphatic rings. The van der Waals surface area contributed by atoms with E-state index >= 15 is 0 Å². The zero-order valence-electron chi connectivity index (χ0n) is 18.6. The molecule has 0 radical (unpaired) electrons. The van der Waals surface area contributed by atoms with Gasteiger partial charge in [-0.05, 0) is 49.2 Å². The predicted molar refractivity (Wildman–Crippen MR) is 129 cm³/mol. The van der Waals surface area contributed by atoms with Crippen LogP contribution in [0.4, 0.5) is 14.5 Å². The molecule has 1 heterocycles. The van der Waals surface area contributed by atoms with Gasteiger partial charge in [-0.25, -0.2) is 17.2 Å². The molecule has 0 amide bonds. The Labute approximate surface area is 203 Å². The van der Waals surface area contributed by atoms with Crippen molar-refractivity contribution in [3.05, 3.63) is 90.0 Å². The number of sulfonamides is 2. The van der Waals surface area contributed by atoms with E-state index in [1.807, 2.05) is 0 Å². The average molecular weight is 520 g/mol. The van der Waals surface area contributed by atoms with Gasteiger partial charge in [-0.2, -0.15) is 12.7 Å². The Bertz CT molecular complexity index is 1440. The van der Waals surface area contributed by atoms with Crippen LogP contribution >= 0.6 is 0 Å². The highest BCUT2D eigenvalue weighted by atomic mass is 32.2. The Morgan fingerprint density at radius 1 is 0.829 bits per heavy atom. The lowest BCUT2D eigenvalue weighted by Gasteiger charge is -2.25. The van der Waals surface area contributed by atoms with E-state index in [-0.39, 0.29) is 10.7 Å². The minimum absolute atomic E-state index is 0.110. The van der Waals surface area contributed by atoms with Gasteiger partial charge in [0.25, 0.3) is 10.0 Å². The van der Waals surface area contributed by atoms with Crippen molar-refractivity contribution in [3.8, 4) is 0 Å². The minimum Gasteiger partial charge on any atom is -0.339 e. The second kappa shape index (κ2) is 10.2. The van der Waals surface area contributed by atoms with Gasteiger partial charge >= 0.3 is 0 Å². The lowest BCUT2D eigenvalue weighted by molar-refractivity contribution is 0.346. The fourth-order valence-corrected chi connectivity index (χ4v) is 6.25. The van der Waals surface area contributed by atoms with Crippen molar-refractivity contribution < 1.29 is 25.6 Å². The van der Waals surface area contributed by atoms with Gasteiger partial charge in [0.2, 0.25) is 10.0 Å². The number of benzene rings is 3. The molecule has 0 atom stereocenters. The number of halogens is 2. The van der Waals surface area contributed by atoms with Gasteiger partial charge in [-0.3, -0.25) is 0 Å². The van der Waals surface area contributed by atoms with Crippen molar-refractivity contribution in [1.29, 1.82) is 0 Å². The maximum atomic E-state index is 14.2. The van der Waals surface area contributed by atoms with Crippen molar-refractivity contribution in [3.63, 3.8) is 0 Å². The Hall–Kier alpha value is -3.15. The SMILES string of the molecule is O=S(=O)(/N=C(\Nc1ccc(S(=O)(=O)N2CCCCC2)cc1)c1ccccc1)c1ccc(F)cc1F. The van der Waals surface area contributed by atoms with Crippen LogP contribution in [0.15, 0.2) is 87.0 Å². The predicted octanol–water partition coefficient (Wildman–Crippen LogP) is 4.39. The molecule has 3 aromatic carbocycles. The van der Waals surface area contributed by atoms with E-state index in [1.54, 1.807) is 30.3 Å². The lowest BCUT2D eigenvalue weighted by atomic mass is 10.2. The summed E-state index contributed by atoms with van der Waals surface area (Å²) < 4.78 is 84.1.